The summed E-state index contributed by atoms with van der Waals surface area (Å²) < 4.78 is 7.01. The molecule has 0 radical (unpaired) electrons. The fraction of sp³-hybridized carbons (Fsp3) is 0.345. The van der Waals surface area contributed by atoms with Crippen LogP contribution in [0.3, 0.4) is 0 Å². The molecule has 0 saturated heterocycles. The van der Waals surface area contributed by atoms with Crippen LogP contribution in [0.5, 0.6) is 0 Å². The van der Waals surface area contributed by atoms with Gasteiger partial charge in [-0.25, -0.2) is 4.98 Å². The molecule has 0 aliphatic carbocycles. The summed E-state index contributed by atoms with van der Waals surface area (Å²) in [5, 5.41) is 10.8. The number of carbonyl (C=O) groups is 2. The fourth-order valence-electron chi connectivity index (χ4n) is 4.18. The molecule has 11 heteroatoms. The van der Waals surface area contributed by atoms with Crippen molar-refractivity contribution in [1.29, 1.82) is 0 Å². The van der Waals surface area contributed by atoms with Crippen LogP contribution >= 0.6 is 0 Å². The zero-order valence-corrected chi connectivity index (χ0v) is 23.4. The summed E-state index contributed by atoms with van der Waals surface area (Å²) in [5.41, 5.74) is 7.36. The molecule has 3 heterocycles. The van der Waals surface area contributed by atoms with Gasteiger partial charge >= 0.3 is 0 Å². The number of hydrogen-bond donors (Lipinski definition) is 2. The van der Waals surface area contributed by atoms with E-state index < -0.39 is 35.3 Å². The number of hydrogen-bond acceptors (Lipinski definition) is 9. The molecule has 40 heavy (non-hydrogen) atoms. The number of nitrogens with two attached hydrogens (primary N) is 1. The van der Waals surface area contributed by atoms with Gasteiger partial charge in [0.15, 0.2) is 0 Å². The van der Waals surface area contributed by atoms with E-state index in [1.807, 2.05) is 39.0 Å². The minimum atomic E-state index is -0.979. The van der Waals surface area contributed by atoms with Gasteiger partial charge in [0.1, 0.15) is 18.1 Å². The smallest absolute Gasteiger partial charge is 0.286 e. The fourth-order valence-corrected chi connectivity index (χ4v) is 4.18. The van der Waals surface area contributed by atoms with Crippen LogP contribution in [0.2, 0.25) is 0 Å². The van der Waals surface area contributed by atoms with E-state index >= 15 is 0 Å². The summed E-state index contributed by atoms with van der Waals surface area (Å²) >= 11 is 0. The Kier molecular flexibility index (Phi) is 7.94. The number of pyridine rings is 1. The first-order valence-corrected chi connectivity index (χ1v) is 12.9. The van der Waals surface area contributed by atoms with Crippen LogP contribution < -0.4 is 16.6 Å². The van der Waals surface area contributed by atoms with Crippen molar-refractivity contribution < 1.29 is 14.0 Å². The second-order valence-electron chi connectivity index (χ2n) is 10.6. The lowest BCUT2D eigenvalue weighted by Crippen LogP contribution is -2.46. The molecule has 3 aromatic heterocycles. The Morgan fingerprint density at radius 3 is 2.40 bits per heavy atom. The molecule has 0 saturated carbocycles. The van der Waals surface area contributed by atoms with Crippen LogP contribution in [0.1, 0.15) is 61.2 Å². The van der Waals surface area contributed by atoms with Gasteiger partial charge in [-0.05, 0) is 45.2 Å². The van der Waals surface area contributed by atoms with Crippen molar-refractivity contribution in [3.63, 3.8) is 0 Å². The highest BCUT2D eigenvalue weighted by Crippen LogP contribution is 2.29. The van der Waals surface area contributed by atoms with Crippen molar-refractivity contribution in [3.8, 4) is 11.4 Å². The molecule has 4 aromatic rings. The molecule has 1 aromatic carbocycles. The highest BCUT2D eigenvalue weighted by Gasteiger charge is 2.35. The van der Waals surface area contributed by atoms with E-state index in [9.17, 15) is 14.4 Å². The van der Waals surface area contributed by atoms with Crippen LogP contribution in [0.25, 0.3) is 11.4 Å². The van der Waals surface area contributed by atoms with E-state index in [-0.39, 0.29) is 23.4 Å². The van der Waals surface area contributed by atoms with E-state index in [0.29, 0.717) is 22.8 Å². The molecular formula is C29H33N7O4. The Morgan fingerprint density at radius 1 is 1.07 bits per heavy atom. The van der Waals surface area contributed by atoms with Crippen molar-refractivity contribution in [3.05, 3.63) is 87.7 Å². The van der Waals surface area contributed by atoms with Gasteiger partial charge in [0.2, 0.25) is 17.6 Å². The number of Topliss-reactive ketones (excluding diaryl/α,β-unsaturated/α-hetero) is 1. The molecular weight excluding hydrogens is 510 g/mol. The molecule has 3 N–H and O–H groups in total. The summed E-state index contributed by atoms with van der Waals surface area (Å²) in [7, 11) is 0. The normalized spacial score (nSPS) is 12.4. The predicted molar refractivity (Wildman–Crippen MR) is 150 cm³/mol. The van der Waals surface area contributed by atoms with Crippen LogP contribution in [-0.4, -0.2) is 42.5 Å². The average molecular weight is 544 g/mol. The van der Waals surface area contributed by atoms with Gasteiger partial charge in [-0.3, -0.25) is 23.9 Å². The average Bonchev–Trinajstić information content (AvgIpc) is 3.44. The summed E-state index contributed by atoms with van der Waals surface area (Å²) in [6.07, 6.45) is 1.75. The van der Waals surface area contributed by atoms with Gasteiger partial charge in [0.05, 0.1) is 22.8 Å². The van der Waals surface area contributed by atoms with Crippen molar-refractivity contribution in [2.45, 2.75) is 59.5 Å². The zero-order valence-electron chi connectivity index (χ0n) is 23.4. The number of anilines is 1. The predicted octanol–water partition coefficient (Wildman–Crippen LogP) is 3.24. The van der Waals surface area contributed by atoms with Gasteiger partial charge in [0, 0.05) is 11.8 Å². The van der Waals surface area contributed by atoms with Crippen molar-refractivity contribution >= 4 is 17.4 Å². The third-order valence-corrected chi connectivity index (χ3v) is 6.72. The largest absolute Gasteiger partial charge is 0.417 e. The maximum atomic E-state index is 13.4. The number of nitrogens with one attached hydrogen (secondary N) is 1. The maximum absolute atomic E-state index is 13.4. The molecule has 0 fully saturated rings. The molecule has 1 amide bonds. The number of rotatable bonds is 9. The van der Waals surface area contributed by atoms with Gasteiger partial charge < -0.3 is 15.5 Å². The van der Waals surface area contributed by atoms with E-state index in [2.05, 4.69) is 25.5 Å². The van der Waals surface area contributed by atoms with Gasteiger partial charge in [-0.2, -0.15) is 0 Å². The first kappa shape index (κ1) is 28.3. The lowest BCUT2D eigenvalue weighted by Gasteiger charge is -2.21. The van der Waals surface area contributed by atoms with Crippen LogP contribution in [0.15, 0.2) is 57.9 Å². The number of nitrogens with zero attached hydrogens (tertiary/aromatic N) is 5. The SMILES string of the molecule is Cc1ccc(C(C)(C)c2nnc(C(=O)C(NC(=O)Cn3c(-c4ccccc4)nc(C)c(N)c3=O)C(C)C)o2)nc1. The molecule has 208 valence electrons. The van der Waals surface area contributed by atoms with Crippen LogP contribution in [0, 0.1) is 19.8 Å². The van der Waals surface area contributed by atoms with Crippen LogP contribution in [-0.2, 0) is 16.8 Å². The molecule has 0 bridgehead atoms. The molecule has 0 spiro atoms. The van der Waals surface area contributed by atoms with Crippen molar-refractivity contribution in [2.24, 2.45) is 5.92 Å². The number of aryl methyl sites for hydroxylation is 2. The Labute approximate surface area is 231 Å². The molecule has 0 aliphatic heterocycles. The molecule has 1 atom stereocenters. The van der Waals surface area contributed by atoms with Gasteiger partial charge in [-0.15, -0.1) is 10.2 Å². The standard InChI is InChI=1S/C29H33N7O4/c1-16(2)23(24(38)26-34-35-28(40-26)29(5,6)20-13-12-17(3)14-31-20)33-21(37)15-36-25(19-10-8-7-9-11-19)32-18(4)22(30)27(36)39/h7-14,16,23H,15,30H2,1-6H3,(H,33,37). The molecule has 0 aliphatic rings. The summed E-state index contributed by atoms with van der Waals surface area (Å²) in [6, 6.07) is 11.8. The second kappa shape index (κ2) is 11.2. The maximum Gasteiger partial charge on any atom is 0.286 e. The highest BCUT2D eigenvalue weighted by atomic mass is 16.4. The number of benzene rings is 1. The topological polar surface area (TPSA) is 159 Å². The Hall–Kier alpha value is -4.67. The van der Waals surface area contributed by atoms with E-state index in [4.69, 9.17) is 10.2 Å². The number of carbonyl (C=O) groups excluding carboxylic acids is 2. The van der Waals surface area contributed by atoms with E-state index in [1.54, 1.807) is 51.2 Å². The highest BCUT2D eigenvalue weighted by molar-refractivity contribution is 5.98. The summed E-state index contributed by atoms with van der Waals surface area (Å²) in [4.78, 5) is 48.6. The van der Waals surface area contributed by atoms with E-state index in [1.165, 1.54) is 4.57 Å². The second-order valence-corrected chi connectivity index (χ2v) is 10.6. The van der Waals surface area contributed by atoms with E-state index in [0.717, 1.165) is 5.56 Å². The number of ketones is 1. The summed E-state index contributed by atoms with van der Waals surface area (Å²) in [6.45, 7) is 10.5. The van der Waals surface area contributed by atoms with Crippen molar-refractivity contribution in [1.82, 2.24) is 30.0 Å². The Morgan fingerprint density at radius 2 is 1.77 bits per heavy atom. The quantitative estimate of drug-likeness (QED) is 0.302. The zero-order chi connectivity index (χ0) is 29.2. The first-order valence-electron chi connectivity index (χ1n) is 12.9. The molecule has 1 unspecified atom stereocenters. The molecule has 4 rings (SSSR count). The Bertz CT molecular complexity index is 1590. The third kappa shape index (κ3) is 5.68. The van der Waals surface area contributed by atoms with Gasteiger partial charge in [0.25, 0.3) is 11.4 Å². The number of nitrogen functional groups attached to an aromatic ring is 1. The number of amides is 1. The third-order valence-electron chi connectivity index (χ3n) is 6.72. The number of aromatic nitrogens is 5. The van der Waals surface area contributed by atoms with Crippen molar-refractivity contribution in [2.75, 3.05) is 5.73 Å². The minimum Gasteiger partial charge on any atom is -0.417 e. The van der Waals surface area contributed by atoms with Crippen LogP contribution in [0.4, 0.5) is 5.69 Å². The van der Waals surface area contributed by atoms with Gasteiger partial charge in [-0.1, -0.05) is 50.2 Å². The monoisotopic (exact) mass is 543 g/mol. The first-order chi connectivity index (χ1) is 18.9. The lowest BCUT2D eigenvalue weighted by molar-refractivity contribution is -0.122. The minimum absolute atomic E-state index is 0.0481. The Balaban J connectivity index is 1.58. The lowest BCUT2D eigenvalue weighted by atomic mass is 9.88. The molecule has 11 nitrogen and oxygen atoms in total. The summed E-state index contributed by atoms with van der Waals surface area (Å²) in [5.74, 6) is -1.12.